The van der Waals surface area contributed by atoms with E-state index in [9.17, 15) is 29.4 Å². The van der Waals surface area contributed by atoms with Crippen molar-refractivity contribution in [3.05, 3.63) is 82.9 Å². The highest BCUT2D eigenvalue weighted by Crippen LogP contribution is 2.38. The Labute approximate surface area is 271 Å². The van der Waals surface area contributed by atoms with E-state index in [4.69, 9.17) is 9.47 Å². The van der Waals surface area contributed by atoms with Crippen LogP contribution in [-0.4, -0.2) is 47.3 Å². The molecule has 0 radical (unpaired) electrons. The van der Waals surface area contributed by atoms with Crippen molar-refractivity contribution in [2.24, 2.45) is 0 Å². The van der Waals surface area contributed by atoms with Crippen LogP contribution in [-0.2, 0) is 9.47 Å². The molecule has 3 aromatic rings. The van der Waals surface area contributed by atoms with E-state index in [0.29, 0.717) is 6.42 Å². The summed E-state index contributed by atoms with van der Waals surface area (Å²) in [5.74, 6) is -4.02. The van der Waals surface area contributed by atoms with Crippen LogP contribution in [0.4, 0.5) is 0 Å². The number of ether oxygens (including phenoxy) is 2. The first-order chi connectivity index (χ1) is 22.3. The van der Waals surface area contributed by atoms with Crippen LogP contribution in [0.1, 0.15) is 132 Å². The van der Waals surface area contributed by atoms with Crippen molar-refractivity contribution in [3.63, 3.8) is 0 Å². The number of unbranched alkanes of at least 4 members (excludes halogenated alkanes) is 10. The molecule has 0 spiro atoms. The highest BCUT2D eigenvalue weighted by molar-refractivity contribution is 6.13. The minimum Gasteiger partial charge on any atom is -0.478 e. The Morgan fingerprint density at radius 3 is 1.46 bits per heavy atom. The lowest BCUT2D eigenvalue weighted by molar-refractivity contribution is 0.0489. The van der Waals surface area contributed by atoms with E-state index in [2.05, 4.69) is 13.8 Å². The van der Waals surface area contributed by atoms with Gasteiger partial charge in [0.1, 0.15) is 0 Å². The molecule has 8 nitrogen and oxygen atoms in total. The van der Waals surface area contributed by atoms with Gasteiger partial charge in [0.25, 0.3) is 0 Å². The van der Waals surface area contributed by atoms with Gasteiger partial charge in [-0.05, 0) is 47.7 Å². The molecule has 46 heavy (non-hydrogen) atoms. The minimum absolute atomic E-state index is 0.0577. The lowest BCUT2D eigenvalue weighted by Gasteiger charge is -2.18. The Morgan fingerprint density at radius 2 is 0.957 bits per heavy atom. The van der Waals surface area contributed by atoms with Gasteiger partial charge >= 0.3 is 23.9 Å². The standard InChI is InChI=1S/C38H46O8/c1-3-5-7-9-11-17-25-45-37(43)30-21-15-13-19-27(30)29-23-24-32(35(39)40)33(34(29)36(41)42)28-20-14-16-22-31(28)38(44)46-26-18-12-10-8-6-4-2/h13-16,19-24H,3-12,17-18,25-26H2,1-2H3,(H,39,40)(H,41,42). The first kappa shape index (κ1) is 36.0. The lowest BCUT2D eigenvalue weighted by atomic mass is 9.85. The van der Waals surface area contributed by atoms with Gasteiger partial charge in [0, 0.05) is 5.56 Å². The number of aromatic carboxylic acids is 2. The van der Waals surface area contributed by atoms with Gasteiger partial charge in [-0.25, -0.2) is 19.2 Å². The van der Waals surface area contributed by atoms with Crippen molar-refractivity contribution in [1.29, 1.82) is 0 Å². The second kappa shape index (κ2) is 19.1. The smallest absolute Gasteiger partial charge is 0.338 e. The summed E-state index contributed by atoms with van der Waals surface area (Å²) in [6, 6.07) is 15.4. The molecule has 3 aromatic carbocycles. The molecule has 0 bridgehead atoms. The second-order valence-corrected chi connectivity index (χ2v) is 11.4. The molecule has 0 aliphatic heterocycles. The third-order valence-electron chi connectivity index (χ3n) is 7.97. The molecule has 246 valence electrons. The fourth-order valence-corrected chi connectivity index (χ4v) is 5.53. The van der Waals surface area contributed by atoms with E-state index >= 15 is 0 Å². The molecule has 0 fully saturated rings. The molecule has 0 amide bonds. The average Bonchev–Trinajstić information content (AvgIpc) is 3.06. The fraction of sp³-hybridized carbons (Fsp3) is 0.421. The SMILES string of the molecule is CCCCCCCCOC(=O)c1ccccc1-c1ccc(C(=O)O)c(-c2ccccc2C(=O)OCCCCCCCC)c1C(=O)O. The maximum Gasteiger partial charge on any atom is 0.338 e. The molecule has 0 aromatic heterocycles. The predicted octanol–water partition coefficient (Wildman–Crippen LogP) is 9.45. The third kappa shape index (κ3) is 10.0. The Hall–Kier alpha value is -4.46. The number of carboxylic acid groups (broad SMARTS) is 2. The highest BCUT2D eigenvalue weighted by Gasteiger charge is 2.29. The van der Waals surface area contributed by atoms with Crippen molar-refractivity contribution >= 4 is 23.9 Å². The molecule has 0 heterocycles. The number of rotatable bonds is 20. The molecule has 8 heteroatoms. The summed E-state index contributed by atoms with van der Waals surface area (Å²) in [6.07, 6.45) is 12.3. The molecule has 2 N–H and O–H groups in total. The third-order valence-corrected chi connectivity index (χ3v) is 7.97. The zero-order chi connectivity index (χ0) is 33.3. The van der Waals surface area contributed by atoms with Crippen LogP contribution in [0.2, 0.25) is 0 Å². The van der Waals surface area contributed by atoms with E-state index in [1.807, 2.05) is 0 Å². The van der Waals surface area contributed by atoms with Crippen LogP contribution in [0.3, 0.4) is 0 Å². The molecule has 0 saturated carbocycles. The van der Waals surface area contributed by atoms with Crippen molar-refractivity contribution in [1.82, 2.24) is 0 Å². The number of carbonyl (C=O) groups excluding carboxylic acids is 2. The molecule has 0 aliphatic rings. The van der Waals surface area contributed by atoms with Gasteiger partial charge in [0.05, 0.1) is 35.5 Å². The van der Waals surface area contributed by atoms with E-state index in [0.717, 1.165) is 64.2 Å². The summed E-state index contributed by atoms with van der Waals surface area (Å²) in [6.45, 7) is 4.73. The van der Waals surface area contributed by atoms with Crippen LogP contribution < -0.4 is 0 Å². The van der Waals surface area contributed by atoms with Gasteiger partial charge in [-0.2, -0.15) is 0 Å². The number of carboxylic acids is 2. The summed E-state index contributed by atoms with van der Waals surface area (Å²) >= 11 is 0. The Kier molecular flexibility index (Phi) is 15.0. The summed E-state index contributed by atoms with van der Waals surface area (Å²) in [5.41, 5.74) is -0.00858. The number of hydrogen-bond donors (Lipinski definition) is 2. The topological polar surface area (TPSA) is 127 Å². The van der Waals surface area contributed by atoms with Crippen molar-refractivity contribution in [2.45, 2.75) is 90.9 Å². The second-order valence-electron chi connectivity index (χ2n) is 11.4. The summed E-state index contributed by atoms with van der Waals surface area (Å²) in [5, 5.41) is 20.7. The zero-order valence-corrected chi connectivity index (χ0v) is 27.0. The molecule has 3 rings (SSSR count). The first-order valence-corrected chi connectivity index (χ1v) is 16.5. The number of carbonyl (C=O) groups is 4. The largest absolute Gasteiger partial charge is 0.478 e. The highest BCUT2D eigenvalue weighted by atomic mass is 16.5. The summed E-state index contributed by atoms with van der Waals surface area (Å²) in [7, 11) is 0. The van der Waals surface area contributed by atoms with Gasteiger partial charge in [-0.3, -0.25) is 0 Å². The van der Waals surface area contributed by atoms with Crippen LogP contribution in [0, 0.1) is 0 Å². The Morgan fingerprint density at radius 1 is 0.500 bits per heavy atom. The molecular formula is C38H46O8. The number of esters is 2. The quantitative estimate of drug-likeness (QED) is 0.0933. The van der Waals surface area contributed by atoms with Gasteiger partial charge in [-0.15, -0.1) is 0 Å². The van der Waals surface area contributed by atoms with Crippen molar-refractivity contribution < 1.29 is 38.9 Å². The number of hydrogen-bond acceptors (Lipinski definition) is 6. The fourth-order valence-electron chi connectivity index (χ4n) is 5.53. The normalized spacial score (nSPS) is 10.8. The van der Waals surface area contributed by atoms with Crippen LogP contribution in [0.25, 0.3) is 22.3 Å². The molecule has 0 atom stereocenters. The lowest BCUT2D eigenvalue weighted by Crippen LogP contribution is -2.14. The minimum atomic E-state index is -1.40. The first-order valence-electron chi connectivity index (χ1n) is 16.5. The van der Waals surface area contributed by atoms with E-state index in [-0.39, 0.29) is 57.7 Å². The van der Waals surface area contributed by atoms with Crippen LogP contribution in [0.15, 0.2) is 60.7 Å². The van der Waals surface area contributed by atoms with Crippen molar-refractivity contribution in [2.75, 3.05) is 13.2 Å². The molecule has 0 unspecified atom stereocenters. The Balaban J connectivity index is 1.98. The maximum absolute atomic E-state index is 13.3. The number of benzene rings is 3. The van der Waals surface area contributed by atoms with E-state index in [1.54, 1.807) is 36.4 Å². The van der Waals surface area contributed by atoms with E-state index in [1.165, 1.54) is 30.7 Å². The van der Waals surface area contributed by atoms with Crippen LogP contribution in [0.5, 0.6) is 0 Å². The molecular weight excluding hydrogens is 584 g/mol. The van der Waals surface area contributed by atoms with Gasteiger partial charge in [0.2, 0.25) is 0 Å². The summed E-state index contributed by atoms with van der Waals surface area (Å²) in [4.78, 5) is 51.8. The van der Waals surface area contributed by atoms with Gasteiger partial charge in [-0.1, -0.05) is 121 Å². The van der Waals surface area contributed by atoms with Gasteiger partial charge in [0.15, 0.2) is 0 Å². The molecule has 0 aliphatic carbocycles. The van der Waals surface area contributed by atoms with Gasteiger partial charge < -0.3 is 19.7 Å². The summed E-state index contributed by atoms with van der Waals surface area (Å²) < 4.78 is 11.1. The Bertz CT molecular complexity index is 1480. The van der Waals surface area contributed by atoms with Crippen LogP contribution >= 0.6 is 0 Å². The maximum atomic E-state index is 13.3. The monoisotopic (exact) mass is 630 g/mol. The average molecular weight is 631 g/mol. The van der Waals surface area contributed by atoms with E-state index < -0.39 is 23.9 Å². The molecule has 0 saturated heterocycles. The van der Waals surface area contributed by atoms with Crippen molar-refractivity contribution in [3.8, 4) is 22.3 Å². The predicted molar refractivity (Wildman–Crippen MR) is 179 cm³/mol. The zero-order valence-electron chi connectivity index (χ0n) is 27.0.